The van der Waals surface area contributed by atoms with Gasteiger partial charge in [-0.15, -0.1) is 11.3 Å². The molecule has 24 heavy (non-hydrogen) atoms. The van der Waals surface area contributed by atoms with Crippen LogP contribution in [0.4, 0.5) is 18.9 Å². The maximum Gasteiger partial charge on any atom is 0.416 e. The van der Waals surface area contributed by atoms with Crippen molar-refractivity contribution in [2.45, 2.75) is 11.1 Å². The molecular formula is C13H9ClF3NO4S2. The highest BCUT2D eigenvalue weighted by Gasteiger charge is 2.32. The summed E-state index contributed by atoms with van der Waals surface area (Å²) in [5.41, 5.74) is -1.12. The molecule has 0 bridgehead atoms. The van der Waals surface area contributed by atoms with Gasteiger partial charge in [-0.2, -0.15) is 13.2 Å². The molecule has 1 aromatic carbocycles. The molecule has 0 aliphatic carbocycles. The zero-order valence-electron chi connectivity index (χ0n) is 11.8. The van der Waals surface area contributed by atoms with E-state index in [1.165, 1.54) is 11.4 Å². The van der Waals surface area contributed by atoms with Crippen LogP contribution < -0.4 is 4.72 Å². The van der Waals surface area contributed by atoms with Gasteiger partial charge in [0, 0.05) is 0 Å². The van der Waals surface area contributed by atoms with Gasteiger partial charge in [-0.3, -0.25) is 4.72 Å². The number of carbonyl (C=O) groups excluding carboxylic acids is 1. The molecule has 2 rings (SSSR count). The van der Waals surface area contributed by atoms with Crippen molar-refractivity contribution in [3.8, 4) is 0 Å². The molecule has 0 saturated carbocycles. The molecule has 0 aliphatic heterocycles. The van der Waals surface area contributed by atoms with Gasteiger partial charge in [-0.25, -0.2) is 13.2 Å². The topological polar surface area (TPSA) is 72.5 Å². The Labute approximate surface area is 144 Å². The summed E-state index contributed by atoms with van der Waals surface area (Å²) in [5.74, 6) is -0.749. The van der Waals surface area contributed by atoms with Gasteiger partial charge in [0.05, 0.1) is 23.4 Å². The number of esters is 1. The molecule has 0 atom stereocenters. The summed E-state index contributed by atoms with van der Waals surface area (Å²) in [6.07, 6.45) is -4.65. The summed E-state index contributed by atoms with van der Waals surface area (Å²) in [4.78, 5) is 11.0. The first kappa shape index (κ1) is 18.6. The number of hydrogen-bond acceptors (Lipinski definition) is 5. The largest absolute Gasteiger partial charge is 0.465 e. The molecule has 1 N–H and O–H groups in total. The van der Waals surface area contributed by atoms with Gasteiger partial charge in [-0.05, 0) is 29.6 Å². The molecule has 0 amide bonds. The lowest BCUT2D eigenvalue weighted by molar-refractivity contribution is -0.137. The van der Waals surface area contributed by atoms with Crippen LogP contribution in [0.3, 0.4) is 0 Å². The Balaban J connectivity index is 2.39. The van der Waals surface area contributed by atoms with Crippen LogP contribution >= 0.6 is 22.9 Å². The maximum absolute atomic E-state index is 12.6. The SMILES string of the molecule is COC(=O)c1sccc1NS(=O)(=O)c1ccc(C(F)(F)F)cc1Cl. The number of benzene rings is 1. The monoisotopic (exact) mass is 399 g/mol. The van der Waals surface area contributed by atoms with Gasteiger partial charge in [0.25, 0.3) is 10.0 Å². The summed E-state index contributed by atoms with van der Waals surface area (Å²) in [5, 5.41) is 0.866. The van der Waals surface area contributed by atoms with Gasteiger partial charge in [0.15, 0.2) is 0 Å². The second kappa shape index (κ2) is 6.61. The number of methoxy groups -OCH3 is 1. The molecule has 130 valence electrons. The van der Waals surface area contributed by atoms with Crippen molar-refractivity contribution in [1.82, 2.24) is 0 Å². The van der Waals surface area contributed by atoms with Crippen LogP contribution in [0.5, 0.6) is 0 Å². The normalized spacial score (nSPS) is 12.0. The molecule has 2 aromatic rings. The third-order valence-corrected chi connectivity index (χ3v) is 5.57. The van der Waals surface area contributed by atoms with Gasteiger partial charge < -0.3 is 4.74 Å². The van der Waals surface area contributed by atoms with Gasteiger partial charge in [0.1, 0.15) is 9.77 Å². The Hall–Kier alpha value is -1.78. The number of nitrogens with one attached hydrogen (secondary N) is 1. The van der Waals surface area contributed by atoms with Crippen LogP contribution in [0.2, 0.25) is 5.02 Å². The van der Waals surface area contributed by atoms with Crippen molar-refractivity contribution in [3.05, 3.63) is 45.1 Å². The van der Waals surface area contributed by atoms with Crippen molar-refractivity contribution in [3.63, 3.8) is 0 Å². The number of alkyl halides is 3. The van der Waals surface area contributed by atoms with Gasteiger partial charge in [0.2, 0.25) is 0 Å². The van der Waals surface area contributed by atoms with E-state index in [1.807, 2.05) is 0 Å². The Bertz CT molecular complexity index is 878. The predicted octanol–water partition coefficient (Wildman–Crippen LogP) is 4.01. The third-order valence-electron chi connectivity index (χ3n) is 2.83. The van der Waals surface area contributed by atoms with E-state index in [0.717, 1.165) is 24.5 Å². The lowest BCUT2D eigenvalue weighted by atomic mass is 10.2. The fourth-order valence-electron chi connectivity index (χ4n) is 1.74. The summed E-state index contributed by atoms with van der Waals surface area (Å²) in [6.45, 7) is 0. The summed E-state index contributed by atoms with van der Waals surface area (Å²) < 4.78 is 69.1. The quantitative estimate of drug-likeness (QED) is 0.788. The number of hydrogen-bond donors (Lipinski definition) is 1. The molecule has 0 saturated heterocycles. The molecular weight excluding hydrogens is 391 g/mol. The van der Waals surface area contributed by atoms with E-state index in [2.05, 4.69) is 9.46 Å². The van der Waals surface area contributed by atoms with Crippen LogP contribution in [0, 0.1) is 0 Å². The first-order valence-corrected chi connectivity index (χ1v) is 8.85. The van der Waals surface area contributed by atoms with Crippen molar-refractivity contribution in [2.75, 3.05) is 11.8 Å². The number of thiophene rings is 1. The highest BCUT2D eigenvalue weighted by molar-refractivity contribution is 7.92. The summed E-state index contributed by atoms with van der Waals surface area (Å²) in [7, 11) is -3.16. The van der Waals surface area contributed by atoms with E-state index < -0.39 is 37.7 Å². The van der Waals surface area contributed by atoms with Crippen molar-refractivity contribution < 1.29 is 31.1 Å². The van der Waals surface area contributed by atoms with E-state index >= 15 is 0 Å². The maximum atomic E-state index is 12.6. The lowest BCUT2D eigenvalue weighted by Gasteiger charge is -2.12. The Morgan fingerprint density at radius 3 is 2.50 bits per heavy atom. The van der Waals surface area contributed by atoms with Crippen LogP contribution in [0.15, 0.2) is 34.5 Å². The minimum Gasteiger partial charge on any atom is -0.465 e. The molecule has 5 nitrogen and oxygen atoms in total. The second-order valence-corrected chi connectivity index (χ2v) is 7.38. The highest BCUT2D eigenvalue weighted by Crippen LogP contribution is 2.34. The highest BCUT2D eigenvalue weighted by atomic mass is 35.5. The number of halogens is 4. The van der Waals surface area contributed by atoms with E-state index in [9.17, 15) is 26.4 Å². The number of sulfonamides is 1. The van der Waals surface area contributed by atoms with E-state index in [4.69, 9.17) is 11.6 Å². The van der Waals surface area contributed by atoms with Crippen LogP contribution in [0.1, 0.15) is 15.2 Å². The van der Waals surface area contributed by atoms with Crippen molar-refractivity contribution in [2.24, 2.45) is 0 Å². The van der Waals surface area contributed by atoms with E-state index in [1.54, 1.807) is 0 Å². The molecule has 0 aliphatic rings. The molecule has 0 fully saturated rings. The minimum absolute atomic E-state index is 0.00380. The molecule has 1 aromatic heterocycles. The number of rotatable bonds is 4. The smallest absolute Gasteiger partial charge is 0.416 e. The lowest BCUT2D eigenvalue weighted by Crippen LogP contribution is -2.16. The van der Waals surface area contributed by atoms with Crippen LogP contribution in [-0.2, 0) is 20.9 Å². The average Bonchev–Trinajstić information content (AvgIpc) is 2.92. The predicted molar refractivity (Wildman–Crippen MR) is 82.9 cm³/mol. The molecule has 11 heteroatoms. The Kier molecular flexibility index (Phi) is 5.11. The fourth-order valence-corrected chi connectivity index (χ4v) is 4.18. The van der Waals surface area contributed by atoms with Gasteiger partial charge >= 0.3 is 12.1 Å². The summed E-state index contributed by atoms with van der Waals surface area (Å²) in [6, 6.07) is 3.20. The number of anilines is 1. The first-order valence-electron chi connectivity index (χ1n) is 6.11. The average molecular weight is 400 g/mol. The summed E-state index contributed by atoms with van der Waals surface area (Å²) >= 11 is 6.63. The van der Waals surface area contributed by atoms with Crippen molar-refractivity contribution in [1.29, 1.82) is 0 Å². The Morgan fingerprint density at radius 1 is 1.29 bits per heavy atom. The van der Waals surface area contributed by atoms with E-state index in [0.29, 0.717) is 12.1 Å². The molecule has 0 radical (unpaired) electrons. The molecule has 0 unspecified atom stereocenters. The standard InChI is InChI=1S/C13H9ClF3NO4S2/c1-22-12(19)11-9(4-5-23-11)18-24(20,21)10-3-2-7(6-8(10)14)13(15,16)17/h2-6,18H,1H3. The zero-order chi connectivity index (χ0) is 18.1. The zero-order valence-corrected chi connectivity index (χ0v) is 14.2. The van der Waals surface area contributed by atoms with Crippen molar-refractivity contribution >= 4 is 44.6 Å². The fraction of sp³-hybridized carbons (Fsp3) is 0.154. The van der Waals surface area contributed by atoms with Crippen LogP contribution in [-0.4, -0.2) is 21.5 Å². The third kappa shape index (κ3) is 3.82. The minimum atomic E-state index is -4.65. The first-order chi connectivity index (χ1) is 11.1. The van der Waals surface area contributed by atoms with Gasteiger partial charge in [-0.1, -0.05) is 11.6 Å². The molecule has 0 spiro atoms. The number of carbonyl (C=O) groups is 1. The van der Waals surface area contributed by atoms with E-state index in [-0.39, 0.29) is 10.6 Å². The second-order valence-electron chi connectivity index (χ2n) is 4.40. The van der Waals surface area contributed by atoms with Crippen LogP contribution in [0.25, 0.3) is 0 Å². The molecule has 1 heterocycles. The Morgan fingerprint density at radius 2 is 1.96 bits per heavy atom. The number of ether oxygens (including phenoxy) is 1.